The van der Waals surface area contributed by atoms with Crippen molar-refractivity contribution in [1.29, 1.82) is 0 Å². The lowest BCUT2D eigenvalue weighted by atomic mass is 9.84. The third-order valence-corrected chi connectivity index (χ3v) is 9.64. The van der Waals surface area contributed by atoms with Gasteiger partial charge in [-0.2, -0.15) is 0 Å². The molecule has 2 heteroatoms. The highest BCUT2D eigenvalue weighted by atomic mass is 14.7. The van der Waals surface area contributed by atoms with E-state index in [9.17, 15) is 0 Å². The van der Waals surface area contributed by atoms with Gasteiger partial charge in [0.05, 0.1) is 5.69 Å². The number of hydrogen-bond acceptors (Lipinski definition) is 2. The maximum absolute atomic E-state index is 4.83. The Morgan fingerprint density at radius 3 is 1.28 bits per heavy atom. The van der Waals surface area contributed by atoms with Gasteiger partial charge in [0.25, 0.3) is 0 Å². The summed E-state index contributed by atoms with van der Waals surface area (Å²) in [6, 6.07) is 63.2. The lowest BCUT2D eigenvalue weighted by molar-refractivity contribution is 1.28. The highest BCUT2D eigenvalue weighted by molar-refractivity contribution is 6.22. The molecule has 0 amide bonds. The molecule has 234 valence electrons. The van der Waals surface area contributed by atoms with Crippen LogP contribution in [-0.4, -0.2) is 9.97 Å². The predicted octanol–water partition coefficient (Wildman–Crippen LogP) is 12.8. The molecule has 2 aromatic heterocycles. The summed E-state index contributed by atoms with van der Waals surface area (Å²) >= 11 is 0. The van der Waals surface area contributed by atoms with Crippen LogP contribution in [0.2, 0.25) is 0 Å². The van der Waals surface area contributed by atoms with Crippen molar-refractivity contribution < 1.29 is 0 Å². The molecule has 0 aliphatic rings. The average molecular weight is 637 g/mol. The van der Waals surface area contributed by atoms with E-state index < -0.39 is 0 Å². The highest BCUT2D eigenvalue weighted by Gasteiger charge is 2.18. The quantitative estimate of drug-likeness (QED) is 0.170. The molecule has 7 aromatic carbocycles. The molecular weight excluding hydrogens is 605 g/mol. The van der Waals surface area contributed by atoms with Crippen LogP contribution in [0.1, 0.15) is 0 Å². The molecule has 0 aliphatic heterocycles. The molecule has 0 N–H and O–H groups in total. The molecule has 0 saturated carbocycles. The first kappa shape index (κ1) is 29.5. The predicted molar refractivity (Wildman–Crippen MR) is 210 cm³/mol. The summed E-state index contributed by atoms with van der Waals surface area (Å²) in [5.41, 5.74) is 13.9. The summed E-state index contributed by atoms with van der Waals surface area (Å²) in [4.78, 5) is 9.11. The van der Waals surface area contributed by atoms with Crippen molar-refractivity contribution >= 4 is 21.5 Å². The zero-order valence-corrected chi connectivity index (χ0v) is 27.4. The number of rotatable bonds is 6. The van der Waals surface area contributed by atoms with E-state index in [0.29, 0.717) is 0 Å². The Labute approximate surface area is 292 Å². The Morgan fingerprint density at radius 2 is 0.740 bits per heavy atom. The van der Waals surface area contributed by atoms with Crippen LogP contribution in [0.5, 0.6) is 0 Å². The normalized spacial score (nSPS) is 11.2. The number of nitrogens with zero attached hydrogens (tertiary/aromatic N) is 2. The number of pyridine rings is 2. The molecule has 0 radical (unpaired) electrons. The zero-order valence-electron chi connectivity index (χ0n) is 27.4. The second kappa shape index (κ2) is 12.8. The molecule has 0 spiro atoms. The SMILES string of the molecule is c1ccc(-c2ccc(-c3c4ccccc4c(-c4ccc(-c5ccccc5)cc4)c4cc(-c5ccc(-c6cccnc6)nc5)ccc34)cc2)cc1. The van der Waals surface area contributed by atoms with E-state index >= 15 is 0 Å². The highest BCUT2D eigenvalue weighted by Crippen LogP contribution is 2.45. The topological polar surface area (TPSA) is 25.8 Å². The van der Waals surface area contributed by atoms with Gasteiger partial charge in [0.15, 0.2) is 0 Å². The van der Waals surface area contributed by atoms with Crippen LogP contribution < -0.4 is 0 Å². The van der Waals surface area contributed by atoms with Crippen LogP contribution in [0.25, 0.3) is 88.4 Å². The Balaban J connectivity index is 1.25. The third kappa shape index (κ3) is 5.43. The maximum Gasteiger partial charge on any atom is 0.0717 e. The van der Waals surface area contributed by atoms with Gasteiger partial charge in [-0.1, -0.05) is 152 Å². The average Bonchev–Trinajstić information content (AvgIpc) is 3.21. The van der Waals surface area contributed by atoms with Crippen molar-refractivity contribution in [2.24, 2.45) is 0 Å². The van der Waals surface area contributed by atoms with Crippen molar-refractivity contribution in [2.75, 3.05) is 0 Å². The summed E-state index contributed by atoms with van der Waals surface area (Å²) in [7, 11) is 0. The lowest BCUT2D eigenvalue weighted by Crippen LogP contribution is -1.92. The van der Waals surface area contributed by atoms with Gasteiger partial charge in [0, 0.05) is 29.7 Å². The van der Waals surface area contributed by atoms with Crippen molar-refractivity contribution in [3.05, 3.63) is 195 Å². The van der Waals surface area contributed by atoms with Crippen molar-refractivity contribution in [3.8, 4) is 66.9 Å². The summed E-state index contributed by atoms with van der Waals surface area (Å²) < 4.78 is 0. The number of hydrogen-bond donors (Lipinski definition) is 0. The second-order valence-electron chi connectivity index (χ2n) is 12.6. The Hall–Kier alpha value is -6.64. The molecule has 0 bridgehead atoms. The summed E-state index contributed by atoms with van der Waals surface area (Å²) in [5, 5.41) is 4.91. The number of benzene rings is 7. The van der Waals surface area contributed by atoms with Gasteiger partial charge in [-0.25, -0.2) is 0 Å². The van der Waals surface area contributed by atoms with Crippen LogP contribution in [0.4, 0.5) is 0 Å². The van der Waals surface area contributed by atoms with E-state index in [-0.39, 0.29) is 0 Å². The van der Waals surface area contributed by atoms with Gasteiger partial charge in [-0.3, -0.25) is 9.97 Å². The zero-order chi connectivity index (χ0) is 33.3. The van der Waals surface area contributed by atoms with Crippen molar-refractivity contribution in [2.45, 2.75) is 0 Å². The van der Waals surface area contributed by atoms with Crippen LogP contribution >= 0.6 is 0 Å². The van der Waals surface area contributed by atoms with E-state index in [1.54, 1.807) is 6.20 Å². The minimum atomic E-state index is 0.911. The summed E-state index contributed by atoms with van der Waals surface area (Å²) in [6.45, 7) is 0. The van der Waals surface area contributed by atoms with Gasteiger partial charge in [-0.05, 0) is 95.9 Å². The Morgan fingerprint density at radius 1 is 0.280 bits per heavy atom. The van der Waals surface area contributed by atoms with E-state index in [4.69, 9.17) is 4.98 Å². The maximum atomic E-state index is 4.83. The third-order valence-electron chi connectivity index (χ3n) is 9.64. The fourth-order valence-corrected chi connectivity index (χ4v) is 7.15. The van der Waals surface area contributed by atoms with E-state index in [1.807, 2.05) is 24.5 Å². The summed E-state index contributed by atoms with van der Waals surface area (Å²) in [6.07, 6.45) is 5.61. The smallest absolute Gasteiger partial charge is 0.0717 e. The molecule has 0 aliphatic carbocycles. The van der Waals surface area contributed by atoms with Crippen molar-refractivity contribution in [1.82, 2.24) is 9.97 Å². The van der Waals surface area contributed by atoms with Gasteiger partial charge in [0.2, 0.25) is 0 Å². The Bertz CT molecular complexity index is 2580. The lowest BCUT2D eigenvalue weighted by Gasteiger charge is -2.19. The fourth-order valence-electron chi connectivity index (χ4n) is 7.15. The van der Waals surface area contributed by atoms with Crippen LogP contribution in [-0.2, 0) is 0 Å². The molecule has 0 atom stereocenters. The number of aromatic nitrogens is 2. The van der Waals surface area contributed by atoms with E-state index in [0.717, 1.165) is 22.4 Å². The van der Waals surface area contributed by atoms with Crippen LogP contribution in [0.15, 0.2) is 195 Å². The fraction of sp³-hybridized carbons (Fsp3) is 0. The van der Waals surface area contributed by atoms with Gasteiger partial charge < -0.3 is 0 Å². The molecule has 9 rings (SSSR count). The van der Waals surface area contributed by atoms with E-state index in [2.05, 4.69) is 169 Å². The first-order valence-corrected chi connectivity index (χ1v) is 17.0. The van der Waals surface area contributed by atoms with Gasteiger partial charge in [-0.15, -0.1) is 0 Å². The minimum absolute atomic E-state index is 0.911. The summed E-state index contributed by atoms with van der Waals surface area (Å²) in [5.74, 6) is 0. The van der Waals surface area contributed by atoms with Gasteiger partial charge >= 0.3 is 0 Å². The molecular formula is C48H32N2. The largest absolute Gasteiger partial charge is 0.264 e. The van der Waals surface area contributed by atoms with E-state index in [1.165, 1.54) is 66.1 Å². The minimum Gasteiger partial charge on any atom is -0.264 e. The van der Waals surface area contributed by atoms with Gasteiger partial charge in [0.1, 0.15) is 0 Å². The molecule has 2 heterocycles. The monoisotopic (exact) mass is 636 g/mol. The molecule has 9 aromatic rings. The molecule has 0 saturated heterocycles. The number of fused-ring (bicyclic) bond motifs is 2. The van der Waals surface area contributed by atoms with Crippen LogP contribution in [0, 0.1) is 0 Å². The van der Waals surface area contributed by atoms with Crippen LogP contribution in [0.3, 0.4) is 0 Å². The molecule has 0 unspecified atom stereocenters. The van der Waals surface area contributed by atoms with Crippen molar-refractivity contribution in [3.63, 3.8) is 0 Å². The molecule has 2 nitrogen and oxygen atoms in total. The first-order valence-electron chi connectivity index (χ1n) is 17.0. The molecule has 0 fully saturated rings. The molecule has 50 heavy (non-hydrogen) atoms. The standard InChI is InChI=1S/C48H32N2/c1-3-10-33(11-4-1)35-17-21-37(22-18-35)47-42-15-7-8-16-43(42)48(38-23-19-36(20-24-38)34-12-5-2-6-13-34)45-30-39(25-27-44(45)47)40-26-28-46(50-32-40)41-14-9-29-49-31-41/h1-32H. The first-order chi connectivity index (χ1) is 24.8. The Kier molecular flexibility index (Phi) is 7.53. The second-order valence-corrected chi connectivity index (χ2v) is 12.6.